The predicted molar refractivity (Wildman–Crippen MR) is 215 cm³/mol. The van der Waals surface area contributed by atoms with Crippen LogP contribution in [0.25, 0.3) is 0 Å². The first-order valence-corrected chi connectivity index (χ1v) is 23.8. The summed E-state index contributed by atoms with van der Waals surface area (Å²) in [7, 11) is 0. The normalized spacial score (nSPS) is 56.7. The van der Waals surface area contributed by atoms with Gasteiger partial charge in [-0.3, -0.25) is 28.8 Å². The number of esters is 4. The van der Waals surface area contributed by atoms with Gasteiger partial charge in [-0.1, -0.05) is 13.8 Å². The second-order valence-electron chi connectivity index (χ2n) is 23.2. The van der Waals surface area contributed by atoms with Gasteiger partial charge in [-0.05, 0) is 99.7 Å². The summed E-state index contributed by atoms with van der Waals surface area (Å²) in [5.74, 6) is -10.7. The van der Waals surface area contributed by atoms with Gasteiger partial charge in [0.15, 0.2) is 23.1 Å². The number of rotatable bonds is 6. The van der Waals surface area contributed by atoms with Crippen molar-refractivity contribution in [1.29, 1.82) is 0 Å². The number of Topliss-reactive ketones (excluding diaryl/α,β-unsaturated/α-hetero) is 2. The molecule has 4 N–H and O–H groups in total. The molecule has 13 fully saturated rings. The second kappa shape index (κ2) is 12.9. The van der Waals surface area contributed by atoms with Crippen LogP contribution in [0.3, 0.4) is 0 Å². The van der Waals surface area contributed by atoms with E-state index in [0.717, 1.165) is 0 Å². The van der Waals surface area contributed by atoms with Crippen molar-refractivity contribution in [3.05, 3.63) is 0 Å². The number of hydrogen-bond donors (Lipinski definition) is 4. The average molecular weight is 897 g/mol. The molecule has 16 heteroatoms. The number of carbonyl (C=O) groups excluding carboxylic acids is 6. The molecule has 0 radical (unpaired) electrons. The Bertz CT molecular complexity index is 2010. The van der Waals surface area contributed by atoms with Crippen LogP contribution < -0.4 is 0 Å². The van der Waals surface area contributed by atoms with Crippen molar-refractivity contribution in [2.45, 2.75) is 155 Å². The first-order chi connectivity index (χ1) is 30.0. The van der Waals surface area contributed by atoms with E-state index in [-0.39, 0.29) is 52.1 Å². The first-order valence-electron chi connectivity index (χ1n) is 23.8. The molecule has 0 aromatic heterocycles. The third-order valence-electron chi connectivity index (χ3n) is 21.7. The zero-order chi connectivity index (χ0) is 45.8. The summed E-state index contributed by atoms with van der Waals surface area (Å²) in [6.07, 6.45) is -0.389. The fourth-order valence-electron chi connectivity index (χ4n) is 19.6. The molecule has 13 aliphatic rings. The van der Waals surface area contributed by atoms with Crippen molar-refractivity contribution in [2.24, 2.45) is 78.8 Å². The van der Waals surface area contributed by atoms with Crippen LogP contribution in [-0.4, -0.2) is 118 Å². The molecule has 4 heterocycles. The first kappa shape index (κ1) is 43.5. The lowest BCUT2D eigenvalue weighted by molar-refractivity contribution is -0.420. The van der Waals surface area contributed by atoms with Crippen LogP contribution in [-0.2, 0) is 57.2 Å². The second-order valence-corrected chi connectivity index (χ2v) is 23.2. The Hall–Kier alpha value is -3.02. The van der Waals surface area contributed by atoms with Gasteiger partial charge in [0.05, 0.1) is 25.4 Å². The maximum absolute atomic E-state index is 16.4. The Balaban J connectivity index is 1.00. The van der Waals surface area contributed by atoms with Gasteiger partial charge in [-0.25, -0.2) is 0 Å². The standard InChI is InChI=1S/C48H64O16/c1-23(49)59-19-39(5)31-17-45(57)47-29(41(31,21-61-45)13-11-33(39)63-25(3)51)9-7-27(35(47)53)43(37(47)55)15-16-44(43)28-8-10-30-42-14-12-34(64-26(4)52)40(6,20-60-24(2)50)32(42)18-46(58,62-22-42)48(30,36(28)54)38(44)56/h27-36,53-54,57-58H,7-22H2,1-6H3/t27-,28-,29+,30+,31-,32-,33?,34?,35-,36-,39+,40+,41-,42-,43?,44?,45+,46+,47-,48-/m1/s1. The molecule has 4 aliphatic heterocycles. The summed E-state index contributed by atoms with van der Waals surface area (Å²) >= 11 is 0. The summed E-state index contributed by atoms with van der Waals surface area (Å²) in [5, 5.41) is 52.4. The van der Waals surface area contributed by atoms with Gasteiger partial charge in [-0.15, -0.1) is 0 Å². The van der Waals surface area contributed by atoms with Crippen LogP contribution in [0.4, 0.5) is 0 Å². The Kier molecular flexibility index (Phi) is 8.80. The van der Waals surface area contributed by atoms with Crippen LogP contribution in [0.2, 0.25) is 0 Å². The molecule has 20 atom stereocenters. The molecular weight excluding hydrogens is 833 g/mol. The van der Waals surface area contributed by atoms with Gasteiger partial charge in [0.1, 0.15) is 36.3 Å². The summed E-state index contributed by atoms with van der Waals surface area (Å²) in [5.41, 5.74) is -10.1. The number of aliphatic hydroxyl groups is 4. The SMILES string of the molecule is CC(=O)OC[C@]1(C)C(OC(C)=O)CC[C@]23CO[C@@](O)(C[C@@H]21)[C@]12C(=O)C4(CCC45C(=O)[C@]46[C@H](O)[C@H]5CC[C@H]4[C@]45CCC(OC(C)=O)[C@@](C)(COC(C)=O)[C@H]4C[C@]6(O)OC5)[C@H](CC[C@@H]31)[C@H]2O. The minimum Gasteiger partial charge on any atom is -0.465 e. The van der Waals surface area contributed by atoms with Crippen molar-refractivity contribution >= 4 is 35.4 Å². The molecule has 4 saturated heterocycles. The van der Waals surface area contributed by atoms with E-state index in [1.807, 2.05) is 13.8 Å². The molecule has 9 aliphatic carbocycles. The Labute approximate surface area is 372 Å². The summed E-state index contributed by atoms with van der Waals surface area (Å²) < 4.78 is 36.2. The number of hydrogen-bond acceptors (Lipinski definition) is 16. The molecule has 8 bridgehead atoms. The lowest BCUT2D eigenvalue weighted by Gasteiger charge is -2.73. The highest BCUT2D eigenvalue weighted by Gasteiger charge is 2.96. The molecule has 352 valence electrons. The number of fused-ring (bicyclic) bond motifs is 7. The van der Waals surface area contributed by atoms with Gasteiger partial charge in [-0.2, -0.15) is 0 Å². The topological polar surface area (TPSA) is 239 Å². The van der Waals surface area contributed by atoms with Crippen molar-refractivity contribution in [2.75, 3.05) is 26.4 Å². The zero-order valence-electron chi connectivity index (χ0n) is 37.8. The molecule has 16 nitrogen and oxygen atoms in total. The van der Waals surface area contributed by atoms with Crippen molar-refractivity contribution in [3.63, 3.8) is 0 Å². The molecule has 0 aromatic carbocycles. The van der Waals surface area contributed by atoms with E-state index >= 15 is 9.59 Å². The number of aliphatic hydroxyl groups excluding tert-OH is 2. The van der Waals surface area contributed by atoms with Crippen LogP contribution in [0.15, 0.2) is 0 Å². The molecular formula is C48H64O16. The van der Waals surface area contributed by atoms with Crippen molar-refractivity contribution in [1.82, 2.24) is 0 Å². The molecule has 4 unspecified atom stereocenters. The maximum Gasteiger partial charge on any atom is 0.302 e. The fourth-order valence-corrected chi connectivity index (χ4v) is 19.6. The molecule has 9 saturated carbocycles. The van der Waals surface area contributed by atoms with Crippen LogP contribution in [0.5, 0.6) is 0 Å². The van der Waals surface area contributed by atoms with Crippen molar-refractivity contribution < 1.29 is 77.6 Å². The quantitative estimate of drug-likeness (QED) is 0.222. The molecule has 64 heavy (non-hydrogen) atoms. The van der Waals surface area contributed by atoms with Crippen LogP contribution in [0.1, 0.15) is 119 Å². The zero-order valence-corrected chi connectivity index (χ0v) is 37.8. The molecule has 0 amide bonds. The van der Waals surface area contributed by atoms with Gasteiger partial charge in [0.25, 0.3) is 0 Å². The highest BCUT2D eigenvalue weighted by molar-refractivity contribution is 6.07. The lowest BCUT2D eigenvalue weighted by atomic mass is 9.36. The number of ketones is 2. The third kappa shape index (κ3) is 4.37. The minimum atomic E-state index is -2.18. The summed E-state index contributed by atoms with van der Waals surface area (Å²) in [6, 6.07) is 0. The van der Waals surface area contributed by atoms with Gasteiger partial charge in [0, 0.05) is 73.0 Å². The van der Waals surface area contributed by atoms with E-state index in [2.05, 4.69) is 0 Å². The summed E-state index contributed by atoms with van der Waals surface area (Å²) in [4.78, 5) is 82.3. The van der Waals surface area contributed by atoms with E-state index < -0.39 is 150 Å². The summed E-state index contributed by atoms with van der Waals surface area (Å²) in [6.45, 7) is 9.06. The lowest BCUT2D eigenvalue weighted by Crippen LogP contribution is -2.80. The molecule has 13 rings (SSSR count). The van der Waals surface area contributed by atoms with E-state index in [1.165, 1.54) is 27.7 Å². The predicted octanol–water partition coefficient (Wildman–Crippen LogP) is 2.71. The van der Waals surface area contributed by atoms with E-state index in [4.69, 9.17) is 28.4 Å². The van der Waals surface area contributed by atoms with Crippen LogP contribution in [0, 0.1) is 78.8 Å². The Morgan fingerprint density at radius 3 is 1.27 bits per heavy atom. The maximum atomic E-state index is 16.4. The van der Waals surface area contributed by atoms with E-state index in [0.29, 0.717) is 51.4 Å². The Morgan fingerprint density at radius 2 is 0.938 bits per heavy atom. The highest BCUT2D eigenvalue weighted by Crippen LogP contribution is 2.88. The average Bonchev–Trinajstić information content (AvgIpc) is 3.39. The van der Waals surface area contributed by atoms with Gasteiger partial charge < -0.3 is 48.8 Å². The third-order valence-corrected chi connectivity index (χ3v) is 21.7. The Morgan fingerprint density at radius 1 is 0.562 bits per heavy atom. The van der Waals surface area contributed by atoms with Gasteiger partial charge in [0.2, 0.25) is 0 Å². The smallest absolute Gasteiger partial charge is 0.302 e. The number of ether oxygens (including phenoxy) is 6. The number of carbonyl (C=O) groups is 6. The van der Waals surface area contributed by atoms with Gasteiger partial charge >= 0.3 is 23.9 Å². The van der Waals surface area contributed by atoms with E-state index in [9.17, 15) is 39.6 Å². The fraction of sp³-hybridized carbons (Fsp3) is 0.875. The van der Waals surface area contributed by atoms with Crippen molar-refractivity contribution in [3.8, 4) is 0 Å². The molecule has 6 spiro atoms. The van der Waals surface area contributed by atoms with E-state index in [1.54, 1.807) is 0 Å². The molecule has 0 aromatic rings. The largest absolute Gasteiger partial charge is 0.465 e. The minimum absolute atomic E-state index is 0.0826. The monoisotopic (exact) mass is 896 g/mol. The van der Waals surface area contributed by atoms with Crippen LogP contribution >= 0.6 is 0 Å². The highest BCUT2D eigenvalue weighted by atomic mass is 16.6.